The Morgan fingerprint density at radius 1 is 1.32 bits per heavy atom. The minimum absolute atomic E-state index is 0.101. The predicted molar refractivity (Wildman–Crippen MR) is 89.8 cm³/mol. The van der Waals surface area contributed by atoms with E-state index >= 15 is 0 Å². The first-order valence-corrected chi connectivity index (χ1v) is 8.54. The highest BCUT2D eigenvalue weighted by atomic mass is 35.5. The van der Waals surface area contributed by atoms with Gasteiger partial charge >= 0.3 is 0 Å². The van der Waals surface area contributed by atoms with Gasteiger partial charge in [0.15, 0.2) is 0 Å². The molecular formula is C15H19ClN5S+. The van der Waals surface area contributed by atoms with Crippen LogP contribution in [0.2, 0.25) is 5.02 Å². The zero-order valence-electron chi connectivity index (χ0n) is 12.6. The zero-order valence-corrected chi connectivity index (χ0v) is 14.2. The summed E-state index contributed by atoms with van der Waals surface area (Å²) in [6.45, 7) is 4.35. The number of thioether (sulfide) groups is 1. The first-order chi connectivity index (χ1) is 10.6. The fraction of sp³-hybridized carbons (Fsp3) is 0.333. The molecular weight excluding hydrogens is 318 g/mol. The Bertz CT molecular complexity index is 694. The van der Waals surface area contributed by atoms with Crippen molar-refractivity contribution in [3.63, 3.8) is 0 Å². The summed E-state index contributed by atoms with van der Waals surface area (Å²) in [5, 5.41) is 12.2. The molecule has 0 unspecified atom stereocenters. The van der Waals surface area contributed by atoms with Crippen LogP contribution in [0.25, 0.3) is 5.70 Å². The Hall–Kier alpha value is -1.50. The molecule has 2 heterocycles. The van der Waals surface area contributed by atoms with Crippen molar-refractivity contribution in [2.75, 3.05) is 5.43 Å². The second-order valence-corrected chi connectivity index (χ2v) is 6.71. The van der Waals surface area contributed by atoms with Crippen LogP contribution in [-0.2, 0) is 0 Å². The van der Waals surface area contributed by atoms with E-state index in [1.54, 1.807) is 11.8 Å². The zero-order chi connectivity index (χ0) is 15.7. The van der Waals surface area contributed by atoms with Gasteiger partial charge in [-0.1, -0.05) is 49.3 Å². The molecule has 0 aliphatic carbocycles. The highest BCUT2D eigenvalue weighted by Crippen LogP contribution is 2.31. The third-order valence-corrected chi connectivity index (χ3v) is 5.07. The first-order valence-electron chi connectivity index (χ1n) is 7.28. The molecule has 0 bridgehead atoms. The van der Waals surface area contributed by atoms with E-state index in [1.807, 2.05) is 34.3 Å². The Morgan fingerprint density at radius 2 is 2.05 bits per heavy atom. The molecule has 1 aliphatic rings. The molecule has 0 fully saturated rings. The van der Waals surface area contributed by atoms with E-state index in [0.717, 1.165) is 33.7 Å². The third kappa shape index (κ3) is 2.86. The van der Waals surface area contributed by atoms with Crippen LogP contribution in [0.4, 0.5) is 0 Å². The molecule has 4 N–H and O–H groups in total. The lowest BCUT2D eigenvalue weighted by atomic mass is 10.00. The van der Waals surface area contributed by atoms with E-state index < -0.39 is 0 Å². The Labute approximate surface area is 138 Å². The highest BCUT2D eigenvalue weighted by Gasteiger charge is 2.27. The topological polar surface area (TPSA) is 70.4 Å². The lowest BCUT2D eigenvalue weighted by molar-refractivity contribution is -0.442. The van der Waals surface area contributed by atoms with Gasteiger partial charge in [-0.15, -0.1) is 10.2 Å². The van der Waals surface area contributed by atoms with E-state index in [2.05, 4.69) is 35.2 Å². The van der Waals surface area contributed by atoms with Crippen molar-refractivity contribution in [1.29, 1.82) is 0 Å². The largest absolute Gasteiger partial charge is 0.348 e. The van der Waals surface area contributed by atoms with Crippen LogP contribution in [0.3, 0.4) is 0 Å². The molecule has 116 valence electrons. The molecule has 0 spiro atoms. The van der Waals surface area contributed by atoms with Gasteiger partial charge in [-0.2, -0.15) is 0 Å². The van der Waals surface area contributed by atoms with Crippen molar-refractivity contribution in [2.45, 2.75) is 31.5 Å². The molecule has 3 rings (SSSR count). The van der Waals surface area contributed by atoms with Crippen molar-refractivity contribution in [1.82, 2.24) is 14.9 Å². The van der Waals surface area contributed by atoms with Gasteiger partial charge in [0.1, 0.15) is 6.04 Å². The van der Waals surface area contributed by atoms with Crippen molar-refractivity contribution in [3.05, 3.63) is 46.1 Å². The summed E-state index contributed by atoms with van der Waals surface area (Å²) in [5.41, 5.74) is 9.73. The van der Waals surface area contributed by atoms with Crippen LogP contribution < -0.4 is 11.2 Å². The second-order valence-electron chi connectivity index (χ2n) is 5.44. The summed E-state index contributed by atoms with van der Waals surface area (Å²) < 4.78 is 1.94. The summed E-state index contributed by atoms with van der Waals surface area (Å²) in [5.74, 6) is 1.32. The summed E-state index contributed by atoms with van der Waals surface area (Å²) in [6, 6.07) is 7.86. The highest BCUT2D eigenvalue weighted by molar-refractivity contribution is 8.02. The van der Waals surface area contributed by atoms with Crippen LogP contribution in [0.5, 0.6) is 0 Å². The molecule has 0 saturated heterocycles. The number of nitrogens with zero attached hydrogens (tertiary/aromatic N) is 3. The Balaban J connectivity index is 1.88. The van der Waals surface area contributed by atoms with Gasteiger partial charge in [0.25, 0.3) is 0 Å². The molecule has 7 heteroatoms. The average Bonchev–Trinajstić information content (AvgIpc) is 2.97. The Kier molecular flexibility index (Phi) is 4.42. The lowest BCUT2D eigenvalue weighted by Crippen LogP contribution is -2.57. The number of hydrogen-bond donors (Lipinski definition) is 2. The van der Waals surface area contributed by atoms with Gasteiger partial charge in [-0.05, 0) is 18.6 Å². The molecule has 2 atom stereocenters. The fourth-order valence-corrected chi connectivity index (χ4v) is 3.13. The SMILES string of the molecule is CC[C@H](C)[C@H]([NH3+])c1nnc2n1NC(c1ccc(Cl)cc1)=CS2. The summed E-state index contributed by atoms with van der Waals surface area (Å²) >= 11 is 7.51. The number of quaternary nitrogens is 1. The first kappa shape index (κ1) is 15.4. The van der Waals surface area contributed by atoms with Crippen LogP contribution in [0.15, 0.2) is 34.8 Å². The van der Waals surface area contributed by atoms with Gasteiger partial charge in [-0.25, -0.2) is 4.68 Å². The molecule has 1 aromatic carbocycles. The molecule has 1 aromatic heterocycles. The smallest absolute Gasteiger partial charge is 0.214 e. The average molecular weight is 337 g/mol. The van der Waals surface area contributed by atoms with Crippen LogP contribution in [-0.4, -0.2) is 14.9 Å². The Morgan fingerprint density at radius 3 is 2.73 bits per heavy atom. The van der Waals surface area contributed by atoms with Gasteiger partial charge in [0.05, 0.1) is 5.70 Å². The van der Waals surface area contributed by atoms with Crippen molar-refractivity contribution in [3.8, 4) is 0 Å². The maximum absolute atomic E-state index is 5.95. The minimum atomic E-state index is 0.101. The van der Waals surface area contributed by atoms with Crippen molar-refractivity contribution >= 4 is 29.1 Å². The van der Waals surface area contributed by atoms with E-state index in [0.29, 0.717) is 5.92 Å². The van der Waals surface area contributed by atoms with Gasteiger partial charge in [0.2, 0.25) is 11.0 Å². The summed E-state index contributed by atoms with van der Waals surface area (Å²) in [4.78, 5) is 0. The quantitative estimate of drug-likeness (QED) is 0.900. The number of fused-ring (bicyclic) bond motifs is 1. The third-order valence-electron chi connectivity index (χ3n) is 3.99. The van der Waals surface area contributed by atoms with E-state index in [4.69, 9.17) is 11.6 Å². The van der Waals surface area contributed by atoms with Gasteiger partial charge in [-0.3, -0.25) is 5.43 Å². The monoisotopic (exact) mass is 336 g/mol. The number of nitrogens with one attached hydrogen (secondary N) is 1. The lowest BCUT2D eigenvalue weighted by Gasteiger charge is -2.21. The normalized spacial score (nSPS) is 16.5. The molecule has 5 nitrogen and oxygen atoms in total. The number of hydrogen-bond acceptors (Lipinski definition) is 4. The van der Waals surface area contributed by atoms with Gasteiger partial charge < -0.3 is 5.73 Å². The van der Waals surface area contributed by atoms with Crippen LogP contribution in [0, 0.1) is 5.92 Å². The fourth-order valence-electron chi connectivity index (χ4n) is 2.26. The molecule has 0 amide bonds. The standard InChI is InChI=1S/C15H18ClN5S/c1-3-9(2)13(17)14-18-19-15-21(14)20-12(8-22-15)10-4-6-11(16)7-5-10/h4-9,13,20H,3,17H2,1-2H3/p+1/t9-,13-/m0/s1. The maximum Gasteiger partial charge on any atom is 0.214 e. The van der Waals surface area contributed by atoms with Crippen LogP contribution in [0.1, 0.15) is 37.7 Å². The number of halogens is 1. The predicted octanol–water partition coefficient (Wildman–Crippen LogP) is 2.91. The van der Waals surface area contributed by atoms with E-state index in [-0.39, 0.29) is 6.04 Å². The number of rotatable bonds is 4. The van der Waals surface area contributed by atoms with E-state index in [9.17, 15) is 0 Å². The van der Waals surface area contributed by atoms with Crippen LogP contribution >= 0.6 is 23.4 Å². The second kappa shape index (κ2) is 6.32. The van der Waals surface area contributed by atoms with E-state index in [1.165, 1.54) is 0 Å². The molecule has 2 aromatic rings. The number of aromatic nitrogens is 3. The molecule has 0 radical (unpaired) electrons. The molecule has 22 heavy (non-hydrogen) atoms. The molecule has 0 saturated carbocycles. The minimum Gasteiger partial charge on any atom is -0.348 e. The summed E-state index contributed by atoms with van der Waals surface area (Å²) in [6.07, 6.45) is 1.06. The molecule has 1 aliphatic heterocycles. The maximum atomic E-state index is 5.95. The van der Waals surface area contributed by atoms with Crippen molar-refractivity contribution in [2.24, 2.45) is 5.92 Å². The van der Waals surface area contributed by atoms with Crippen molar-refractivity contribution < 1.29 is 5.73 Å². The van der Waals surface area contributed by atoms with Gasteiger partial charge in [0, 0.05) is 21.9 Å². The number of benzene rings is 1. The summed E-state index contributed by atoms with van der Waals surface area (Å²) in [7, 11) is 0.